The molecule has 1 N–H and O–H groups in total. The maximum atomic E-state index is 12.2. The second kappa shape index (κ2) is 9.00. The molecule has 1 amide bonds. The smallest absolute Gasteiger partial charge is 0.251 e. The van der Waals surface area contributed by atoms with Gasteiger partial charge in [0.15, 0.2) is 0 Å². The lowest BCUT2D eigenvalue weighted by atomic mass is 10.1. The van der Waals surface area contributed by atoms with Gasteiger partial charge in [0.05, 0.1) is 26.5 Å². The van der Waals surface area contributed by atoms with Crippen LogP contribution in [0.1, 0.15) is 41.4 Å². The van der Waals surface area contributed by atoms with Gasteiger partial charge in [0.2, 0.25) is 0 Å². The third kappa shape index (κ3) is 5.14. The van der Waals surface area contributed by atoms with E-state index in [1.807, 2.05) is 12.1 Å². The number of methoxy groups -OCH3 is 1. The maximum Gasteiger partial charge on any atom is 0.251 e. The fraction of sp³-hybridized carbons (Fsp3) is 0.389. The lowest BCUT2D eigenvalue weighted by molar-refractivity contribution is 0.0947. The second-order valence-electron chi connectivity index (χ2n) is 5.19. The first kappa shape index (κ1) is 17.1. The minimum Gasteiger partial charge on any atom is -0.496 e. The van der Waals surface area contributed by atoms with Crippen molar-refractivity contribution in [3.63, 3.8) is 0 Å². The van der Waals surface area contributed by atoms with E-state index in [1.54, 1.807) is 31.6 Å². The van der Waals surface area contributed by atoms with Crippen molar-refractivity contribution >= 4 is 5.91 Å². The predicted molar refractivity (Wildman–Crippen MR) is 87.4 cm³/mol. The van der Waals surface area contributed by atoms with Crippen LogP contribution >= 0.6 is 0 Å². The molecule has 23 heavy (non-hydrogen) atoms. The Bertz CT molecular complexity index is 607. The summed E-state index contributed by atoms with van der Waals surface area (Å²) in [5.41, 5.74) is 1.45. The number of unbranched alkanes of at least 4 members (excludes halogenated alkanes) is 1. The molecule has 0 atom stereocenters. The second-order valence-corrected chi connectivity index (χ2v) is 5.19. The van der Waals surface area contributed by atoms with Gasteiger partial charge in [-0.1, -0.05) is 13.3 Å². The van der Waals surface area contributed by atoms with Gasteiger partial charge in [-0.2, -0.15) is 0 Å². The number of rotatable bonds is 9. The molecule has 2 aromatic rings. The summed E-state index contributed by atoms with van der Waals surface area (Å²) in [6, 6.07) is 8.95. The highest BCUT2D eigenvalue weighted by Crippen LogP contribution is 2.21. The fourth-order valence-corrected chi connectivity index (χ4v) is 2.14. The molecule has 2 rings (SSSR count). The molecule has 0 bridgehead atoms. The van der Waals surface area contributed by atoms with Gasteiger partial charge in [0.1, 0.15) is 11.5 Å². The van der Waals surface area contributed by atoms with E-state index in [4.69, 9.17) is 13.9 Å². The minimum absolute atomic E-state index is 0.154. The molecule has 5 heteroatoms. The van der Waals surface area contributed by atoms with Gasteiger partial charge >= 0.3 is 0 Å². The predicted octanol–water partition coefficient (Wildman–Crippen LogP) is 3.53. The summed E-state index contributed by atoms with van der Waals surface area (Å²) < 4.78 is 16.2. The van der Waals surface area contributed by atoms with Gasteiger partial charge in [-0.25, -0.2) is 0 Å². The Labute approximate surface area is 136 Å². The maximum absolute atomic E-state index is 12.2. The lowest BCUT2D eigenvalue weighted by Crippen LogP contribution is -2.22. The molecule has 0 spiro atoms. The molecular weight excluding hydrogens is 294 g/mol. The van der Waals surface area contributed by atoms with Crippen LogP contribution < -0.4 is 10.1 Å². The van der Waals surface area contributed by atoms with Crippen molar-refractivity contribution in [3.8, 4) is 5.75 Å². The topological polar surface area (TPSA) is 60.7 Å². The summed E-state index contributed by atoms with van der Waals surface area (Å²) in [4.78, 5) is 12.2. The zero-order chi connectivity index (χ0) is 16.5. The van der Waals surface area contributed by atoms with Gasteiger partial charge < -0.3 is 19.2 Å². The van der Waals surface area contributed by atoms with E-state index >= 15 is 0 Å². The van der Waals surface area contributed by atoms with Crippen LogP contribution in [0.4, 0.5) is 0 Å². The van der Waals surface area contributed by atoms with Crippen molar-refractivity contribution in [2.75, 3.05) is 13.7 Å². The number of hydrogen-bond donors (Lipinski definition) is 1. The van der Waals surface area contributed by atoms with Crippen LogP contribution in [-0.4, -0.2) is 19.6 Å². The summed E-state index contributed by atoms with van der Waals surface area (Å²) in [5, 5.41) is 2.83. The number of nitrogens with one attached hydrogen (secondary N) is 1. The first-order chi connectivity index (χ1) is 11.2. The molecule has 5 nitrogen and oxygen atoms in total. The van der Waals surface area contributed by atoms with Crippen LogP contribution in [0.3, 0.4) is 0 Å². The van der Waals surface area contributed by atoms with E-state index in [9.17, 15) is 4.79 Å². The summed E-state index contributed by atoms with van der Waals surface area (Å²) in [5.74, 6) is 1.29. The summed E-state index contributed by atoms with van der Waals surface area (Å²) in [6.07, 6.45) is 3.69. The van der Waals surface area contributed by atoms with Crippen LogP contribution in [0, 0.1) is 0 Å². The van der Waals surface area contributed by atoms with Crippen LogP contribution in [0.15, 0.2) is 41.0 Å². The summed E-state index contributed by atoms with van der Waals surface area (Å²) in [6.45, 7) is 3.62. The molecule has 1 heterocycles. The zero-order valence-electron chi connectivity index (χ0n) is 13.6. The molecule has 124 valence electrons. The van der Waals surface area contributed by atoms with Crippen molar-refractivity contribution in [1.82, 2.24) is 5.32 Å². The Morgan fingerprint density at radius 1 is 1.30 bits per heavy atom. The van der Waals surface area contributed by atoms with Crippen molar-refractivity contribution in [3.05, 3.63) is 53.5 Å². The summed E-state index contributed by atoms with van der Waals surface area (Å²) >= 11 is 0. The quantitative estimate of drug-likeness (QED) is 0.719. The molecule has 0 radical (unpaired) electrons. The van der Waals surface area contributed by atoms with Gasteiger partial charge in [0, 0.05) is 17.7 Å². The third-order valence-corrected chi connectivity index (χ3v) is 3.45. The Kier molecular flexibility index (Phi) is 6.69. The monoisotopic (exact) mass is 317 g/mol. The number of furan rings is 1. The molecule has 1 aromatic carbocycles. The highest BCUT2D eigenvalue weighted by Gasteiger charge is 2.11. The highest BCUT2D eigenvalue weighted by molar-refractivity contribution is 5.94. The minimum atomic E-state index is -0.154. The standard InChI is InChI=1S/C18H23NO4/c1-3-4-9-22-13-15-11-14(7-8-17(15)21-2)18(20)19-12-16-6-5-10-23-16/h5-8,10-11H,3-4,9,12-13H2,1-2H3,(H,19,20). The van der Waals surface area contributed by atoms with E-state index in [0.29, 0.717) is 25.3 Å². The number of ether oxygens (including phenoxy) is 2. The van der Waals surface area contributed by atoms with Gasteiger partial charge in [-0.05, 0) is 36.8 Å². The molecule has 0 aliphatic carbocycles. The van der Waals surface area contributed by atoms with E-state index in [2.05, 4.69) is 12.2 Å². The van der Waals surface area contributed by atoms with Crippen molar-refractivity contribution in [2.24, 2.45) is 0 Å². The van der Waals surface area contributed by atoms with Crippen molar-refractivity contribution in [2.45, 2.75) is 32.9 Å². The van der Waals surface area contributed by atoms with E-state index in [1.165, 1.54) is 0 Å². The van der Waals surface area contributed by atoms with E-state index in [-0.39, 0.29) is 5.91 Å². The average molecular weight is 317 g/mol. The van der Waals surface area contributed by atoms with Crippen molar-refractivity contribution in [1.29, 1.82) is 0 Å². The third-order valence-electron chi connectivity index (χ3n) is 3.45. The number of carbonyl (C=O) groups excluding carboxylic acids is 1. The average Bonchev–Trinajstić information content (AvgIpc) is 3.10. The Morgan fingerprint density at radius 3 is 2.87 bits per heavy atom. The molecule has 0 saturated heterocycles. The molecular formula is C18H23NO4. The highest BCUT2D eigenvalue weighted by atomic mass is 16.5. The van der Waals surface area contributed by atoms with Crippen LogP contribution in [0.5, 0.6) is 5.75 Å². The number of benzene rings is 1. The Hall–Kier alpha value is -2.27. The molecule has 0 saturated carbocycles. The van der Waals surface area contributed by atoms with Crippen molar-refractivity contribution < 1.29 is 18.7 Å². The van der Waals surface area contributed by atoms with Crippen LogP contribution in [0.25, 0.3) is 0 Å². The normalized spacial score (nSPS) is 10.5. The first-order valence-electron chi connectivity index (χ1n) is 7.79. The largest absolute Gasteiger partial charge is 0.496 e. The molecule has 0 fully saturated rings. The zero-order valence-corrected chi connectivity index (χ0v) is 13.6. The van der Waals surface area contributed by atoms with Gasteiger partial charge in [-0.15, -0.1) is 0 Å². The fourth-order valence-electron chi connectivity index (χ4n) is 2.14. The van der Waals surface area contributed by atoms with Crippen LogP contribution in [-0.2, 0) is 17.9 Å². The molecule has 1 aromatic heterocycles. The van der Waals surface area contributed by atoms with E-state index in [0.717, 1.165) is 29.9 Å². The Morgan fingerprint density at radius 2 is 2.17 bits per heavy atom. The summed E-state index contributed by atoms with van der Waals surface area (Å²) in [7, 11) is 1.61. The number of amides is 1. The van der Waals surface area contributed by atoms with Crippen LogP contribution in [0.2, 0.25) is 0 Å². The van der Waals surface area contributed by atoms with E-state index < -0.39 is 0 Å². The molecule has 0 aliphatic rings. The Balaban J connectivity index is 1.98. The SMILES string of the molecule is CCCCOCc1cc(C(=O)NCc2ccco2)ccc1OC. The van der Waals surface area contributed by atoms with Gasteiger partial charge in [0.25, 0.3) is 5.91 Å². The van der Waals surface area contributed by atoms with Gasteiger partial charge in [-0.3, -0.25) is 4.79 Å². The molecule has 0 aliphatic heterocycles. The number of hydrogen-bond acceptors (Lipinski definition) is 4. The lowest BCUT2D eigenvalue weighted by Gasteiger charge is -2.11. The number of carbonyl (C=O) groups is 1. The first-order valence-corrected chi connectivity index (χ1v) is 7.79. The molecule has 0 unspecified atom stereocenters.